The molecule has 0 aromatic rings. The Morgan fingerprint density at radius 1 is 1.12 bits per heavy atom. The molecule has 1 aliphatic rings. The molecule has 1 aliphatic carbocycles. The van der Waals surface area contributed by atoms with E-state index in [0.717, 1.165) is 19.1 Å². The largest absolute Gasteiger partial charge is 0.419 e. The highest BCUT2D eigenvalue weighted by Gasteiger charge is 2.41. The standard InChI is InChI=1S/C11H16F4O/c12-10(11(13,14)15)7-9-3-1-8(2-4-9)5-6-16/h6,8-10H,1-5,7H2. The van der Waals surface area contributed by atoms with Gasteiger partial charge in [0.05, 0.1) is 0 Å². The maximum absolute atomic E-state index is 12.8. The molecule has 0 spiro atoms. The van der Waals surface area contributed by atoms with E-state index in [9.17, 15) is 22.4 Å². The summed E-state index contributed by atoms with van der Waals surface area (Å²) in [4.78, 5) is 10.3. The van der Waals surface area contributed by atoms with E-state index < -0.39 is 18.8 Å². The average Bonchev–Trinajstić information content (AvgIpc) is 2.20. The molecule has 0 heterocycles. The topological polar surface area (TPSA) is 17.1 Å². The molecule has 0 bridgehead atoms. The summed E-state index contributed by atoms with van der Waals surface area (Å²) < 4.78 is 48.7. The summed E-state index contributed by atoms with van der Waals surface area (Å²) in [6.07, 6.45) is -3.81. The van der Waals surface area contributed by atoms with Crippen LogP contribution in [0.2, 0.25) is 0 Å². The van der Waals surface area contributed by atoms with Crippen molar-refractivity contribution in [2.45, 2.75) is 50.9 Å². The van der Waals surface area contributed by atoms with Crippen LogP contribution in [0, 0.1) is 11.8 Å². The van der Waals surface area contributed by atoms with Crippen LogP contribution in [0.4, 0.5) is 17.6 Å². The Morgan fingerprint density at radius 2 is 1.62 bits per heavy atom. The number of halogens is 4. The fourth-order valence-electron chi connectivity index (χ4n) is 2.27. The predicted octanol–water partition coefficient (Wildman–Crippen LogP) is 3.67. The van der Waals surface area contributed by atoms with Crippen molar-refractivity contribution in [1.29, 1.82) is 0 Å². The number of alkyl halides is 4. The Hall–Kier alpha value is -0.610. The van der Waals surface area contributed by atoms with Gasteiger partial charge in [0.25, 0.3) is 0 Å². The third-order valence-electron chi connectivity index (χ3n) is 3.29. The normalized spacial score (nSPS) is 28.8. The fourth-order valence-corrected chi connectivity index (χ4v) is 2.27. The zero-order valence-electron chi connectivity index (χ0n) is 8.97. The molecule has 94 valence electrons. The Morgan fingerprint density at radius 3 is 2.06 bits per heavy atom. The maximum atomic E-state index is 12.8. The van der Waals surface area contributed by atoms with Gasteiger partial charge < -0.3 is 4.79 Å². The van der Waals surface area contributed by atoms with E-state index in [1.165, 1.54) is 0 Å². The van der Waals surface area contributed by atoms with E-state index >= 15 is 0 Å². The monoisotopic (exact) mass is 240 g/mol. The second-order valence-electron chi connectivity index (χ2n) is 4.53. The van der Waals surface area contributed by atoms with Crippen LogP contribution >= 0.6 is 0 Å². The molecule has 0 amide bonds. The first-order valence-electron chi connectivity index (χ1n) is 5.58. The van der Waals surface area contributed by atoms with Crippen molar-refractivity contribution in [2.24, 2.45) is 11.8 Å². The number of hydrogen-bond acceptors (Lipinski definition) is 1. The smallest absolute Gasteiger partial charge is 0.303 e. The molecule has 0 radical (unpaired) electrons. The fraction of sp³-hybridized carbons (Fsp3) is 0.909. The van der Waals surface area contributed by atoms with Crippen LogP contribution in [0.15, 0.2) is 0 Å². The van der Waals surface area contributed by atoms with Crippen molar-refractivity contribution in [1.82, 2.24) is 0 Å². The molecular weight excluding hydrogens is 224 g/mol. The van der Waals surface area contributed by atoms with E-state index in [0.29, 0.717) is 19.3 Å². The van der Waals surface area contributed by atoms with Crippen LogP contribution in [-0.2, 0) is 4.79 Å². The Bertz CT molecular complexity index is 219. The second-order valence-corrected chi connectivity index (χ2v) is 4.53. The van der Waals surface area contributed by atoms with E-state index in [-0.39, 0.29) is 11.8 Å². The van der Waals surface area contributed by atoms with E-state index in [4.69, 9.17) is 0 Å². The van der Waals surface area contributed by atoms with Crippen molar-refractivity contribution < 1.29 is 22.4 Å². The summed E-state index contributed by atoms with van der Waals surface area (Å²) in [5.41, 5.74) is 0. The van der Waals surface area contributed by atoms with Crippen molar-refractivity contribution in [3.05, 3.63) is 0 Å². The molecule has 1 rings (SSSR count). The van der Waals surface area contributed by atoms with Crippen LogP contribution < -0.4 is 0 Å². The molecule has 0 saturated heterocycles. The highest BCUT2D eigenvalue weighted by molar-refractivity contribution is 5.49. The number of hydrogen-bond donors (Lipinski definition) is 0. The van der Waals surface area contributed by atoms with Crippen molar-refractivity contribution >= 4 is 6.29 Å². The summed E-state index contributed by atoms with van der Waals surface area (Å²) in [5.74, 6) is 0.109. The van der Waals surface area contributed by atoms with Crippen LogP contribution in [0.1, 0.15) is 38.5 Å². The number of carbonyl (C=O) groups excluding carboxylic acids is 1. The lowest BCUT2D eigenvalue weighted by Gasteiger charge is -2.28. The van der Waals surface area contributed by atoms with E-state index in [1.807, 2.05) is 0 Å². The van der Waals surface area contributed by atoms with Gasteiger partial charge in [0.15, 0.2) is 6.17 Å². The van der Waals surface area contributed by atoms with Gasteiger partial charge >= 0.3 is 6.18 Å². The first-order chi connectivity index (χ1) is 7.43. The van der Waals surface area contributed by atoms with Gasteiger partial charge in [-0.25, -0.2) is 4.39 Å². The molecule has 16 heavy (non-hydrogen) atoms. The Balaban J connectivity index is 2.29. The van der Waals surface area contributed by atoms with E-state index in [1.54, 1.807) is 0 Å². The van der Waals surface area contributed by atoms with Gasteiger partial charge in [-0.1, -0.05) is 12.8 Å². The third kappa shape index (κ3) is 4.10. The highest BCUT2D eigenvalue weighted by Crippen LogP contribution is 2.36. The molecule has 1 unspecified atom stereocenters. The summed E-state index contributed by atoms with van der Waals surface area (Å²) in [5, 5.41) is 0. The molecule has 1 nitrogen and oxygen atoms in total. The summed E-state index contributed by atoms with van der Waals surface area (Å²) in [6, 6.07) is 0. The first kappa shape index (κ1) is 13.5. The maximum Gasteiger partial charge on any atom is 0.419 e. The molecule has 0 aliphatic heterocycles. The summed E-state index contributed by atoms with van der Waals surface area (Å²) in [6.45, 7) is 0. The molecule has 0 N–H and O–H groups in total. The van der Waals surface area contributed by atoms with Crippen LogP contribution in [0.25, 0.3) is 0 Å². The zero-order valence-corrected chi connectivity index (χ0v) is 8.97. The van der Waals surface area contributed by atoms with Gasteiger partial charge in [-0.15, -0.1) is 0 Å². The second kappa shape index (κ2) is 5.64. The SMILES string of the molecule is O=CCC1CCC(CC(F)C(F)(F)F)CC1. The first-order valence-corrected chi connectivity index (χ1v) is 5.58. The Labute approximate surface area is 92.2 Å². The van der Waals surface area contributed by atoms with Gasteiger partial charge in [0.2, 0.25) is 0 Å². The van der Waals surface area contributed by atoms with Gasteiger partial charge in [0.1, 0.15) is 6.29 Å². The van der Waals surface area contributed by atoms with Crippen LogP contribution in [-0.4, -0.2) is 18.6 Å². The highest BCUT2D eigenvalue weighted by atomic mass is 19.4. The predicted molar refractivity (Wildman–Crippen MR) is 51.7 cm³/mol. The van der Waals surface area contributed by atoms with E-state index in [2.05, 4.69) is 0 Å². The third-order valence-corrected chi connectivity index (χ3v) is 3.29. The molecule has 1 saturated carbocycles. The van der Waals surface area contributed by atoms with Gasteiger partial charge in [-0.3, -0.25) is 0 Å². The lowest BCUT2D eigenvalue weighted by Crippen LogP contribution is -2.28. The molecular formula is C11H16F4O. The molecule has 5 heteroatoms. The average molecular weight is 240 g/mol. The number of carbonyl (C=O) groups is 1. The zero-order chi connectivity index (χ0) is 12.2. The lowest BCUT2D eigenvalue weighted by atomic mass is 9.79. The number of aldehydes is 1. The summed E-state index contributed by atoms with van der Waals surface area (Å²) >= 11 is 0. The van der Waals surface area contributed by atoms with Gasteiger partial charge in [-0.2, -0.15) is 13.2 Å². The van der Waals surface area contributed by atoms with Crippen molar-refractivity contribution in [3.8, 4) is 0 Å². The Kier molecular flexibility index (Phi) is 4.74. The van der Waals surface area contributed by atoms with Crippen molar-refractivity contribution in [3.63, 3.8) is 0 Å². The number of rotatable bonds is 4. The quantitative estimate of drug-likeness (QED) is 0.541. The molecule has 0 aromatic carbocycles. The molecule has 1 atom stereocenters. The van der Waals surface area contributed by atoms with Crippen molar-refractivity contribution in [2.75, 3.05) is 0 Å². The molecule has 0 aromatic heterocycles. The van der Waals surface area contributed by atoms with Gasteiger partial charge in [-0.05, 0) is 31.1 Å². The lowest BCUT2D eigenvalue weighted by molar-refractivity contribution is -0.185. The minimum absolute atomic E-state index is 0.181. The minimum atomic E-state index is -4.72. The van der Waals surface area contributed by atoms with Crippen LogP contribution in [0.5, 0.6) is 0 Å². The van der Waals surface area contributed by atoms with Gasteiger partial charge in [0, 0.05) is 6.42 Å². The summed E-state index contributed by atoms with van der Waals surface area (Å²) in [7, 11) is 0. The van der Waals surface area contributed by atoms with Crippen LogP contribution in [0.3, 0.4) is 0 Å². The molecule has 1 fully saturated rings. The minimum Gasteiger partial charge on any atom is -0.303 e.